The number of rotatable bonds is 5. The lowest BCUT2D eigenvalue weighted by Crippen LogP contribution is -2.38. The molecule has 2 aliphatic rings. The van der Waals surface area contributed by atoms with Crippen molar-refractivity contribution >= 4 is 34.5 Å². The van der Waals surface area contributed by atoms with Crippen LogP contribution in [0.15, 0.2) is 48.5 Å². The summed E-state index contributed by atoms with van der Waals surface area (Å²) in [6.07, 6.45) is 3.24. The Balaban J connectivity index is 1.49. The first-order valence-electron chi connectivity index (χ1n) is 9.61. The molecule has 2 aromatic carbocycles. The van der Waals surface area contributed by atoms with Crippen molar-refractivity contribution in [3.63, 3.8) is 0 Å². The van der Waals surface area contributed by atoms with Crippen molar-refractivity contribution in [2.24, 2.45) is 0 Å². The van der Waals surface area contributed by atoms with E-state index in [0.29, 0.717) is 24.1 Å². The van der Waals surface area contributed by atoms with E-state index in [4.69, 9.17) is 0 Å². The van der Waals surface area contributed by atoms with Crippen LogP contribution in [0.4, 0.5) is 14.9 Å². The molecule has 2 fully saturated rings. The normalized spacial score (nSPS) is 18.3. The van der Waals surface area contributed by atoms with E-state index in [1.807, 2.05) is 6.07 Å². The van der Waals surface area contributed by atoms with Crippen molar-refractivity contribution < 1.29 is 18.8 Å². The predicted octanol–water partition coefficient (Wildman–Crippen LogP) is 4.47. The molecule has 0 atom stereocenters. The van der Waals surface area contributed by atoms with Gasteiger partial charge in [-0.2, -0.15) is 0 Å². The van der Waals surface area contributed by atoms with Gasteiger partial charge in [0, 0.05) is 5.69 Å². The SMILES string of the molecule is O=C1CSC(=O)N1Cc1ccc(NC(=O)C2(c3cccc(F)c3)CCCC2)cc1. The highest BCUT2D eigenvalue weighted by Crippen LogP contribution is 2.42. The predicted molar refractivity (Wildman–Crippen MR) is 110 cm³/mol. The summed E-state index contributed by atoms with van der Waals surface area (Å²) < 4.78 is 13.8. The number of benzene rings is 2. The molecule has 0 bridgehead atoms. The fourth-order valence-corrected chi connectivity index (χ4v) is 4.80. The Morgan fingerprint density at radius 2 is 1.83 bits per heavy atom. The highest BCUT2D eigenvalue weighted by atomic mass is 32.2. The molecule has 2 aromatic rings. The third-order valence-corrected chi connectivity index (χ3v) is 6.52. The van der Waals surface area contributed by atoms with Crippen molar-refractivity contribution in [2.75, 3.05) is 11.1 Å². The molecule has 1 heterocycles. The van der Waals surface area contributed by atoms with Gasteiger partial charge >= 0.3 is 0 Å². The number of nitrogens with one attached hydrogen (secondary N) is 1. The average molecular weight is 412 g/mol. The quantitative estimate of drug-likeness (QED) is 0.787. The van der Waals surface area contributed by atoms with Gasteiger partial charge in [-0.05, 0) is 48.2 Å². The maximum absolute atomic E-state index is 13.8. The largest absolute Gasteiger partial charge is 0.325 e. The second kappa shape index (κ2) is 7.99. The second-order valence-electron chi connectivity index (χ2n) is 7.49. The molecule has 150 valence electrons. The van der Waals surface area contributed by atoms with E-state index in [2.05, 4.69) is 5.32 Å². The molecule has 7 heteroatoms. The summed E-state index contributed by atoms with van der Waals surface area (Å²) in [5.41, 5.74) is 1.45. The van der Waals surface area contributed by atoms with Gasteiger partial charge in [0.2, 0.25) is 11.8 Å². The van der Waals surface area contributed by atoms with Crippen LogP contribution in [0.5, 0.6) is 0 Å². The van der Waals surface area contributed by atoms with Gasteiger partial charge in [-0.25, -0.2) is 4.39 Å². The number of amides is 3. The number of halogens is 1. The van der Waals surface area contributed by atoms with Crippen LogP contribution in [0.1, 0.15) is 36.8 Å². The van der Waals surface area contributed by atoms with Crippen LogP contribution in [0.2, 0.25) is 0 Å². The average Bonchev–Trinajstić information content (AvgIpc) is 3.33. The summed E-state index contributed by atoms with van der Waals surface area (Å²) >= 11 is 1.01. The smallest absolute Gasteiger partial charge is 0.289 e. The lowest BCUT2D eigenvalue weighted by molar-refractivity contribution is -0.125. The maximum atomic E-state index is 13.8. The second-order valence-corrected chi connectivity index (χ2v) is 8.41. The molecule has 1 N–H and O–H groups in total. The van der Waals surface area contributed by atoms with Gasteiger partial charge in [-0.1, -0.05) is 48.9 Å². The topological polar surface area (TPSA) is 66.5 Å². The minimum absolute atomic E-state index is 0.130. The Bertz CT molecular complexity index is 939. The summed E-state index contributed by atoms with van der Waals surface area (Å²) in [4.78, 5) is 37.9. The monoisotopic (exact) mass is 412 g/mol. The molecule has 1 aliphatic heterocycles. The van der Waals surface area contributed by atoms with E-state index in [0.717, 1.165) is 30.2 Å². The number of hydrogen-bond donors (Lipinski definition) is 1. The number of hydrogen-bond acceptors (Lipinski definition) is 4. The van der Waals surface area contributed by atoms with Gasteiger partial charge in [0.05, 0.1) is 17.7 Å². The number of carbonyl (C=O) groups is 3. The number of thioether (sulfide) groups is 1. The van der Waals surface area contributed by atoms with Crippen molar-refractivity contribution in [2.45, 2.75) is 37.6 Å². The fraction of sp³-hybridized carbons (Fsp3) is 0.318. The zero-order chi connectivity index (χ0) is 20.4. The summed E-state index contributed by atoms with van der Waals surface area (Å²) in [5.74, 6) is -0.463. The van der Waals surface area contributed by atoms with Crippen LogP contribution in [-0.4, -0.2) is 27.7 Å². The number of anilines is 1. The van der Waals surface area contributed by atoms with Crippen molar-refractivity contribution in [1.29, 1.82) is 0 Å². The minimum Gasteiger partial charge on any atom is -0.325 e. The molecule has 5 nitrogen and oxygen atoms in total. The first kappa shape index (κ1) is 19.6. The highest BCUT2D eigenvalue weighted by molar-refractivity contribution is 8.14. The Morgan fingerprint density at radius 3 is 2.45 bits per heavy atom. The van der Waals surface area contributed by atoms with Gasteiger partial charge in [-0.15, -0.1) is 0 Å². The standard InChI is InChI=1S/C22H21FN2O3S/c23-17-5-3-4-16(12-17)22(10-1-2-11-22)20(27)24-18-8-6-15(7-9-18)13-25-19(26)14-29-21(25)28/h3-9,12H,1-2,10-11,13-14H2,(H,24,27). The molecular formula is C22H21FN2O3S. The number of carbonyl (C=O) groups excluding carboxylic acids is 3. The van der Waals surface area contributed by atoms with Crippen molar-refractivity contribution in [1.82, 2.24) is 4.90 Å². The zero-order valence-corrected chi connectivity index (χ0v) is 16.6. The molecule has 29 heavy (non-hydrogen) atoms. The van der Waals surface area contributed by atoms with Crippen molar-refractivity contribution in [3.8, 4) is 0 Å². The molecule has 3 amide bonds. The third-order valence-electron chi connectivity index (χ3n) is 5.66. The molecule has 0 unspecified atom stereocenters. The van der Waals surface area contributed by atoms with Crippen LogP contribution in [0.25, 0.3) is 0 Å². The van der Waals surface area contributed by atoms with Gasteiger partial charge in [0.1, 0.15) is 5.82 Å². The van der Waals surface area contributed by atoms with Crippen molar-refractivity contribution in [3.05, 3.63) is 65.5 Å². The Kier molecular flexibility index (Phi) is 5.41. The van der Waals surface area contributed by atoms with Gasteiger partial charge in [0.25, 0.3) is 5.24 Å². The van der Waals surface area contributed by atoms with E-state index in [9.17, 15) is 18.8 Å². The van der Waals surface area contributed by atoms with Crippen LogP contribution in [0, 0.1) is 5.82 Å². The van der Waals surface area contributed by atoms with E-state index >= 15 is 0 Å². The van der Waals surface area contributed by atoms with Crippen LogP contribution in [0.3, 0.4) is 0 Å². The Morgan fingerprint density at radius 1 is 1.10 bits per heavy atom. The molecule has 1 saturated carbocycles. The summed E-state index contributed by atoms with van der Waals surface area (Å²) in [5, 5.41) is 2.74. The van der Waals surface area contributed by atoms with Crippen LogP contribution >= 0.6 is 11.8 Å². The Hall–Kier alpha value is -2.67. The molecule has 0 aromatic heterocycles. The minimum atomic E-state index is -0.716. The third kappa shape index (κ3) is 3.92. The maximum Gasteiger partial charge on any atom is 0.289 e. The molecular weight excluding hydrogens is 391 g/mol. The number of nitrogens with zero attached hydrogens (tertiary/aromatic N) is 1. The van der Waals surface area contributed by atoms with E-state index < -0.39 is 5.41 Å². The van der Waals surface area contributed by atoms with E-state index in [1.165, 1.54) is 17.0 Å². The first-order chi connectivity index (χ1) is 14.0. The molecule has 0 spiro atoms. The lowest BCUT2D eigenvalue weighted by atomic mass is 9.78. The van der Waals surface area contributed by atoms with Gasteiger partial charge < -0.3 is 5.32 Å². The van der Waals surface area contributed by atoms with E-state index in [-0.39, 0.29) is 35.2 Å². The van der Waals surface area contributed by atoms with Gasteiger partial charge in [0.15, 0.2) is 0 Å². The molecule has 4 rings (SSSR count). The highest BCUT2D eigenvalue weighted by Gasteiger charge is 2.42. The molecule has 0 radical (unpaired) electrons. The fourth-order valence-electron chi connectivity index (χ4n) is 4.07. The van der Waals surface area contributed by atoms with Crippen LogP contribution in [-0.2, 0) is 21.5 Å². The zero-order valence-electron chi connectivity index (χ0n) is 15.8. The summed E-state index contributed by atoms with van der Waals surface area (Å²) in [6, 6.07) is 13.4. The number of imide groups is 1. The lowest BCUT2D eigenvalue weighted by Gasteiger charge is -2.28. The molecule has 1 saturated heterocycles. The first-order valence-corrected chi connectivity index (χ1v) is 10.6. The Labute approximate surface area is 172 Å². The van der Waals surface area contributed by atoms with Crippen LogP contribution < -0.4 is 5.32 Å². The van der Waals surface area contributed by atoms with Gasteiger partial charge in [-0.3, -0.25) is 19.3 Å². The van der Waals surface area contributed by atoms with E-state index in [1.54, 1.807) is 30.3 Å². The summed E-state index contributed by atoms with van der Waals surface area (Å²) in [6.45, 7) is 0.228. The molecule has 1 aliphatic carbocycles. The summed E-state index contributed by atoms with van der Waals surface area (Å²) in [7, 11) is 0.